The smallest absolute Gasteiger partial charge is 0.242 e. The van der Waals surface area contributed by atoms with Gasteiger partial charge < -0.3 is 9.64 Å². The van der Waals surface area contributed by atoms with E-state index in [9.17, 15) is 9.18 Å². The molecule has 2 atom stereocenters. The van der Waals surface area contributed by atoms with E-state index in [0.717, 1.165) is 42.6 Å². The Hall–Kier alpha value is -2.02. The van der Waals surface area contributed by atoms with Crippen LogP contribution >= 0.6 is 12.4 Å². The lowest BCUT2D eigenvalue weighted by Gasteiger charge is -2.23. The van der Waals surface area contributed by atoms with Gasteiger partial charge in [0.2, 0.25) is 5.91 Å². The highest BCUT2D eigenvalue weighted by atomic mass is 35.5. The standard InChI is InChI=1S/C21H24FN3O2.ClH/c1-25-10-8-21(20(25)26)7-5-18(24-21)19-12-15(6-9-23-19)16-11-14(13-27-2)3-4-17(16)22;/h3-4,6,9,11-12,18,24H,5,7-8,10,13H2,1-2H3;1H/t18-,21+;/m1./s1. The minimum absolute atomic E-state index is 0. The number of benzene rings is 1. The predicted molar refractivity (Wildman–Crippen MR) is 108 cm³/mol. The van der Waals surface area contributed by atoms with E-state index in [0.29, 0.717) is 12.2 Å². The lowest BCUT2D eigenvalue weighted by Crippen LogP contribution is -2.47. The molecular formula is C21H25ClFN3O2. The first-order chi connectivity index (χ1) is 13.0. The predicted octanol–water partition coefficient (Wildman–Crippen LogP) is 3.48. The van der Waals surface area contributed by atoms with E-state index in [1.165, 1.54) is 6.07 Å². The van der Waals surface area contributed by atoms with Gasteiger partial charge in [0.15, 0.2) is 0 Å². The Kier molecular flexibility index (Phi) is 6.03. The molecule has 2 aliphatic rings. The maximum atomic E-state index is 14.4. The Morgan fingerprint density at radius 2 is 2.14 bits per heavy atom. The normalized spacial score (nSPS) is 24.0. The first-order valence-corrected chi connectivity index (χ1v) is 9.29. The number of halogens is 2. The Morgan fingerprint density at radius 1 is 1.32 bits per heavy atom. The molecule has 150 valence electrons. The Balaban J connectivity index is 0.00000225. The third kappa shape index (κ3) is 3.64. The van der Waals surface area contributed by atoms with Crippen molar-refractivity contribution in [1.29, 1.82) is 0 Å². The lowest BCUT2D eigenvalue weighted by molar-refractivity contribution is -0.131. The van der Waals surface area contributed by atoms with Crippen molar-refractivity contribution in [2.75, 3.05) is 20.7 Å². The Morgan fingerprint density at radius 3 is 2.86 bits per heavy atom. The van der Waals surface area contributed by atoms with E-state index in [1.54, 1.807) is 24.3 Å². The summed E-state index contributed by atoms with van der Waals surface area (Å²) in [5.41, 5.74) is 2.64. The van der Waals surface area contributed by atoms with Crippen LogP contribution in [0.25, 0.3) is 11.1 Å². The van der Waals surface area contributed by atoms with E-state index in [2.05, 4.69) is 10.3 Å². The topological polar surface area (TPSA) is 54.5 Å². The largest absolute Gasteiger partial charge is 0.380 e. The van der Waals surface area contributed by atoms with E-state index in [4.69, 9.17) is 4.74 Å². The third-order valence-corrected chi connectivity index (χ3v) is 5.73. The van der Waals surface area contributed by atoms with Gasteiger partial charge in [0, 0.05) is 32.5 Å². The maximum absolute atomic E-state index is 14.4. The maximum Gasteiger partial charge on any atom is 0.242 e. The van der Waals surface area contributed by atoms with Crippen LogP contribution in [0.4, 0.5) is 4.39 Å². The summed E-state index contributed by atoms with van der Waals surface area (Å²) in [6.45, 7) is 1.22. The number of hydrogen-bond donors (Lipinski definition) is 1. The fourth-order valence-electron chi connectivity index (χ4n) is 4.25. The highest BCUT2D eigenvalue weighted by molar-refractivity contribution is 5.88. The second-order valence-corrected chi connectivity index (χ2v) is 7.51. The molecule has 1 amide bonds. The van der Waals surface area contributed by atoms with Crippen molar-refractivity contribution in [1.82, 2.24) is 15.2 Å². The molecule has 1 aromatic heterocycles. The zero-order valence-corrected chi connectivity index (χ0v) is 16.9. The molecular weight excluding hydrogens is 381 g/mol. The molecule has 2 aromatic rings. The number of amides is 1. The van der Waals surface area contributed by atoms with Crippen LogP contribution in [0.5, 0.6) is 0 Å². The summed E-state index contributed by atoms with van der Waals surface area (Å²) in [6.07, 6.45) is 4.20. The second-order valence-electron chi connectivity index (χ2n) is 7.51. The number of aromatic nitrogens is 1. The van der Waals surface area contributed by atoms with E-state index < -0.39 is 5.54 Å². The van der Waals surface area contributed by atoms with Crippen LogP contribution in [-0.4, -0.2) is 42.0 Å². The highest BCUT2D eigenvalue weighted by Gasteiger charge is 2.50. The van der Waals surface area contributed by atoms with Crippen LogP contribution in [0.2, 0.25) is 0 Å². The number of ether oxygens (including phenoxy) is 1. The quantitative estimate of drug-likeness (QED) is 0.846. The number of likely N-dealkylation sites (N-methyl/N-ethyl adjacent to an activating group) is 1. The van der Waals surface area contributed by atoms with Crippen LogP contribution in [-0.2, 0) is 16.1 Å². The number of carbonyl (C=O) groups is 1. The van der Waals surface area contributed by atoms with Crippen molar-refractivity contribution >= 4 is 18.3 Å². The SMILES string of the molecule is COCc1ccc(F)c(-c2ccnc([C@H]3CC[C@@]4(CCN(C)C4=O)N3)c2)c1.Cl. The summed E-state index contributed by atoms with van der Waals surface area (Å²) in [7, 11) is 3.47. The van der Waals surface area contributed by atoms with Crippen LogP contribution in [0, 0.1) is 5.82 Å². The molecule has 1 N–H and O–H groups in total. The second kappa shape index (κ2) is 8.15. The summed E-state index contributed by atoms with van der Waals surface area (Å²) in [5.74, 6) is -0.102. The van der Waals surface area contributed by atoms with Gasteiger partial charge in [0.1, 0.15) is 11.4 Å². The molecule has 3 heterocycles. The fraction of sp³-hybridized carbons (Fsp3) is 0.429. The molecule has 2 saturated heterocycles. The highest BCUT2D eigenvalue weighted by Crippen LogP contribution is 2.39. The average Bonchev–Trinajstić information content (AvgIpc) is 3.24. The van der Waals surface area contributed by atoms with Gasteiger partial charge in [-0.05, 0) is 54.7 Å². The third-order valence-electron chi connectivity index (χ3n) is 5.73. The molecule has 1 aromatic carbocycles. The van der Waals surface area contributed by atoms with Crippen molar-refractivity contribution in [3.63, 3.8) is 0 Å². The summed E-state index contributed by atoms with van der Waals surface area (Å²) in [4.78, 5) is 18.8. The van der Waals surface area contributed by atoms with Gasteiger partial charge in [-0.25, -0.2) is 4.39 Å². The summed E-state index contributed by atoms with van der Waals surface area (Å²) >= 11 is 0. The summed E-state index contributed by atoms with van der Waals surface area (Å²) in [6, 6.07) is 8.77. The minimum Gasteiger partial charge on any atom is -0.380 e. The average molecular weight is 406 g/mol. The summed E-state index contributed by atoms with van der Waals surface area (Å²) < 4.78 is 19.6. The lowest BCUT2D eigenvalue weighted by atomic mass is 9.96. The number of carbonyl (C=O) groups excluding carboxylic acids is 1. The van der Waals surface area contributed by atoms with Gasteiger partial charge in [-0.2, -0.15) is 0 Å². The van der Waals surface area contributed by atoms with Crippen molar-refractivity contribution < 1.29 is 13.9 Å². The number of likely N-dealkylation sites (tertiary alicyclic amines) is 1. The van der Waals surface area contributed by atoms with E-state index >= 15 is 0 Å². The fourth-order valence-corrected chi connectivity index (χ4v) is 4.25. The number of rotatable bonds is 4. The van der Waals surface area contributed by atoms with E-state index in [1.807, 2.05) is 25.2 Å². The molecule has 0 aliphatic carbocycles. The van der Waals surface area contributed by atoms with E-state index in [-0.39, 0.29) is 30.2 Å². The van der Waals surface area contributed by atoms with Gasteiger partial charge in [0.05, 0.1) is 18.3 Å². The molecule has 2 aliphatic heterocycles. The molecule has 7 heteroatoms. The molecule has 0 saturated carbocycles. The van der Waals surface area contributed by atoms with Crippen molar-refractivity contribution in [2.45, 2.75) is 37.5 Å². The van der Waals surface area contributed by atoms with Crippen LogP contribution in [0.3, 0.4) is 0 Å². The molecule has 0 bridgehead atoms. The molecule has 5 nitrogen and oxygen atoms in total. The van der Waals surface area contributed by atoms with Gasteiger partial charge in [-0.3, -0.25) is 15.1 Å². The number of pyridine rings is 1. The van der Waals surface area contributed by atoms with Crippen molar-refractivity contribution in [2.24, 2.45) is 0 Å². The Bertz CT molecular complexity index is 878. The number of nitrogens with zero attached hydrogens (tertiary/aromatic N) is 2. The molecule has 0 unspecified atom stereocenters. The number of hydrogen-bond acceptors (Lipinski definition) is 4. The molecule has 4 rings (SSSR count). The van der Waals surface area contributed by atoms with Gasteiger partial charge >= 0.3 is 0 Å². The molecule has 1 spiro atoms. The Labute approximate surface area is 170 Å². The van der Waals surface area contributed by atoms with Crippen LogP contribution < -0.4 is 5.32 Å². The molecule has 28 heavy (non-hydrogen) atoms. The molecule has 2 fully saturated rings. The van der Waals surface area contributed by atoms with Gasteiger partial charge in [0.25, 0.3) is 0 Å². The van der Waals surface area contributed by atoms with Gasteiger partial charge in [-0.1, -0.05) is 6.07 Å². The van der Waals surface area contributed by atoms with Gasteiger partial charge in [-0.15, -0.1) is 12.4 Å². The van der Waals surface area contributed by atoms with Crippen LogP contribution in [0.1, 0.15) is 36.6 Å². The van der Waals surface area contributed by atoms with Crippen molar-refractivity contribution in [3.05, 3.63) is 53.6 Å². The van der Waals surface area contributed by atoms with Crippen molar-refractivity contribution in [3.8, 4) is 11.1 Å². The molecule has 0 radical (unpaired) electrons. The summed E-state index contributed by atoms with van der Waals surface area (Å²) in [5, 5.41) is 3.52. The number of nitrogens with one attached hydrogen (secondary N) is 1. The zero-order valence-electron chi connectivity index (χ0n) is 16.1. The zero-order chi connectivity index (χ0) is 19.0. The monoisotopic (exact) mass is 405 g/mol. The number of methoxy groups -OCH3 is 1. The first-order valence-electron chi connectivity index (χ1n) is 9.29. The first kappa shape index (κ1) is 20.7. The van der Waals surface area contributed by atoms with Crippen LogP contribution in [0.15, 0.2) is 36.5 Å². The minimum atomic E-state index is -0.458.